The highest BCUT2D eigenvalue weighted by molar-refractivity contribution is 5.86. The fourth-order valence-electron chi connectivity index (χ4n) is 1.39. The van der Waals surface area contributed by atoms with E-state index in [4.69, 9.17) is 9.26 Å². The molecule has 1 aliphatic rings. The second-order valence-electron chi connectivity index (χ2n) is 3.17. The molecule has 2 rings (SSSR count). The summed E-state index contributed by atoms with van der Waals surface area (Å²) in [4.78, 5) is 11.1. The number of carbonyl (C=O) groups is 1. The molecule has 90 valence electrons. The van der Waals surface area contributed by atoms with Crippen LogP contribution in [0.3, 0.4) is 0 Å². The maximum atomic E-state index is 11.1. The van der Waals surface area contributed by atoms with E-state index in [1.807, 2.05) is 0 Å². The molecule has 0 spiro atoms. The van der Waals surface area contributed by atoms with Crippen LogP contribution >= 0.6 is 12.4 Å². The standard InChI is InChI=1S/C9H12N2O4.ClH/c1-13-9(12)7-4-6(11-15-7)8-5-10-2-3-14-8;/h4,8,10H,2-3,5H2,1H3;1H. The highest BCUT2D eigenvalue weighted by atomic mass is 35.5. The van der Waals surface area contributed by atoms with Crippen LogP contribution in [0.4, 0.5) is 0 Å². The van der Waals surface area contributed by atoms with Gasteiger partial charge in [-0.15, -0.1) is 12.4 Å². The van der Waals surface area contributed by atoms with Crippen LogP contribution < -0.4 is 5.32 Å². The van der Waals surface area contributed by atoms with Crippen molar-refractivity contribution in [2.45, 2.75) is 6.10 Å². The molecule has 1 aromatic rings. The van der Waals surface area contributed by atoms with E-state index >= 15 is 0 Å². The van der Waals surface area contributed by atoms with Gasteiger partial charge in [0, 0.05) is 19.2 Å². The third-order valence-electron chi connectivity index (χ3n) is 2.17. The van der Waals surface area contributed by atoms with E-state index in [1.54, 1.807) is 6.07 Å². The summed E-state index contributed by atoms with van der Waals surface area (Å²) in [6.07, 6.45) is -0.152. The lowest BCUT2D eigenvalue weighted by Crippen LogP contribution is -2.33. The summed E-state index contributed by atoms with van der Waals surface area (Å²) in [5, 5.41) is 6.93. The molecular weight excluding hydrogens is 236 g/mol. The van der Waals surface area contributed by atoms with Crippen molar-refractivity contribution >= 4 is 18.4 Å². The Bertz CT molecular complexity index is 349. The maximum Gasteiger partial charge on any atom is 0.376 e. The number of nitrogens with one attached hydrogen (secondary N) is 1. The number of rotatable bonds is 2. The van der Waals surface area contributed by atoms with Gasteiger partial charge in [-0.05, 0) is 0 Å². The molecule has 0 aromatic carbocycles. The molecule has 6 nitrogen and oxygen atoms in total. The number of carbonyl (C=O) groups excluding carboxylic acids is 1. The number of esters is 1. The summed E-state index contributed by atoms with van der Waals surface area (Å²) >= 11 is 0. The predicted molar refractivity (Wildman–Crippen MR) is 56.7 cm³/mol. The highest BCUT2D eigenvalue weighted by Crippen LogP contribution is 2.18. The fourth-order valence-corrected chi connectivity index (χ4v) is 1.39. The number of methoxy groups -OCH3 is 1. The maximum absolute atomic E-state index is 11.1. The van der Waals surface area contributed by atoms with E-state index in [9.17, 15) is 4.79 Å². The summed E-state index contributed by atoms with van der Waals surface area (Å²) in [5.74, 6) is -0.431. The Morgan fingerprint density at radius 3 is 3.12 bits per heavy atom. The minimum Gasteiger partial charge on any atom is -0.463 e. The van der Waals surface area contributed by atoms with Gasteiger partial charge in [0.25, 0.3) is 0 Å². The second-order valence-corrected chi connectivity index (χ2v) is 3.17. The third kappa shape index (κ3) is 2.72. The van der Waals surface area contributed by atoms with Crippen LogP contribution in [0.2, 0.25) is 0 Å². The first-order valence-electron chi connectivity index (χ1n) is 4.68. The summed E-state index contributed by atoms with van der Waals surface area (Å²) in [6.45, 7) is 2.14. The molecule has 1 fully saturated rings. The van der Waals surface area contributed by atoms with Gasteiger partial charge >= 0.3 is 5.97 Å². The Morgan fingerprint density at radius 2 is 2.50 bits per heavy atom. The zero-order valence-corrected chi connectivity index (χ0v) is 9.58. The van der Waals surface area contributed by atoms with Crippen LogP contribution in [-0.2, 0) is 9.47 Å². The lowest BCUT2D eigenvalue weighted by atomic mass is 10.2. The Kier molecular flexibility index (Phi) is 4.72. The van der Waals surface area contributed by atoms with Gasteiger partial charge in [0.15, 0.2) is 0 Å². The molecule has 0 bridgehead atoms. The van der Waals surface area contributed by atoms with Crippen molar-refractivity contribution in [1.82, 2.24) is 10.5 Å². The molecule has 0 aliphatic carbocycles. The van der Waals surface area contributed by atoms with Crippen molar-refractivity contribution < 1.29 is 18.8 Å². The molecule has 2 heterocycles. The quantitative estimate of drug-likeness (QED) is 0.771. The second kappa shape index (κ2) is 5.83. The lowest BCUT2D eigenvalue weighted by molar-refractivity contribution is 0.0230. The fraction of sp³-hybridized carbons (Fsp3) is 0.556. The van der Waals surface area contributed by atoms with Gasteiger partial charge in [-0.1, -0.05) is 5.16 Å². The van der Waals surface area contributed by atoms with Gasteiger partial charge in [-0.25, -0.2) is 4.79 Å². The van der Waals surface area contributed by atoms with Crippen molar-refractivity contribution in [3.05, 3.63) is 17.5 Å². The minimum absolute atomic E-state index is 0. The SMILES string of the molecule is COC(=O)c1cc(C2CNCCO2)no1.Cl. The normalized spacial score (nSPS) is 19.9. The molecule has 1 N–H and O–H groups in total. The average Bonchev–Trinajstić information content (AvgIpc) is 2.78. The van der Waals surface area contributed by atoms with E-state index < -0.39 is 5.97 Å². The monoisotopic (exact) mass is 248 g/mol. The number of morpholine rings is 1. The highest BCUT2D eigenvalue weighted by Gasteiger charge is 2.22. The van der Waals surface area contributed by atoms with Crippen LogP contribution in [-0.4, -0.2) is 37.9 Å². The van der Waals surface area contributed by atoms with Crippen LogP contribution in [0.25, 0.3) is 0 Å². The molecule has 7 heteroatoms. The van der Waals surface area contributed by atoms with Crippen LogP contribution in [0.15, 0.2) is 10.6 Å². The molecule has 1 saturated heterocycles. The topological polar surface area (TPSA) is 73.6 Å². The summed E-state index contributed by atoms with van der Waals surface area (Å²) in [6, 6.07) is 1.55. The largest absolute Gasteiger partial charge is 0.463 e. The number of nitrogens with zero attached hydrogens (tertiary/aromatic N) is 1. The van der Waals surface area contributed by atoms with E-state index in [2.05, 4.69) is 15.2 Å². The van der Waals surface area contributed by atoms with Gasteiger partial charge < -0.3 is 19.3 Å². The Balaban J connectivity index is 0.00000128. The smallest absolute Gasteiger partial charge is 0.376 e. The first-order chi connectivity index (χ1) is 7.31. The first-order valence-corrected chi connectivity index (χ1v) is 4.68. The van der Waals surface area contributed by atoms with E-state index in [1.165, 1.54) is 7.11 Å². The van der Waals surface area contributed by atoms with E-state index in [0.29, 0.717) is 18.8 Å². The van der Waals surface area contributed by atoms with Crippen molar-refractivity contribution in [3.8, 4) is 0 Å². The molecule has 1 atom stereocenters. The van der Waals surface area contributed by atoms with Gasteiger partial charge in [-0.2, -0.15) is 0 Å². The summed E-state index contributed by atoms with van der Waals surface area (Å²) < 4.78 is 14.8. The van der Waals surface area contributed by atoms with Gasteiger partial charge in [0.05, 0.1) is 13.7 Å². The lowest BCUT2D eigenvalue weighted by Gasteiger charge is -2.21. The van der Waals surface area contributed by atoms with Gasteiger partial charge in [-0.3, -0.25) is 0 Å². The molecule has 0 amide bonds. The molecule has 1 aromatic heterocycles. The minimum atomic E-state index is -0.530. The van der Waals surface area contributed by atoms with E-state index in [0.717, 1.165) is 6.54 Å². The molecule has 16 heavy (non-hydrogen) atoms. The van der Waals surface area contributed by atoms with Crippen molar-refractivity contribution in [1.29, 1.82) is 0 Å². The van der Waals surface area contributed by atoms with Crippen molar-refractivity contribution in [2.24, 2.45) is 0 Å². The van der Waals surface area contributed by atoms with Crippen molar-refractivity contribution in [2.75, 3.05) is 26.8 Å². The van der Waals surface area contributed by atoms with Crippen molar-refractivity contribution in [3.63, 3.8) is 0 Å². The number of hydrogen-bond acceptors (Lipinski definition) is 6. The summed E-state index contributed by atoms with van der Waals surface area (Å²) in [5.41, 5.74) is 0.614. The molecule has 1 aliphatic heterocycles. The van der Waals surface area contributed by atoms with Crippen LogP contribution in [0, 0.1) is 0 Å². The van der Waals surface area contributed by atoms with E-state index in [-0.39, 0.29) is 24.3 Å². The Morgan fingerprint density at radius 1 is 1.69 bits per heavy atom. The molecule has 0 saturated carbocycles. The van der Waals surface area contributed by atoms with Crippen LogP contribution in [0.5, 0.6) is 0 Å². The molecular formula is C9H13ClN2O4. The Hall–Kier alpha value is -1.11. The van der Waals surface area contributed by atoms with Crippen LogP contribution in [0.1, 0.15) is 22.4 Å². The molecule has 0 radical (unpaired) electrons. The first kappa shape index (κ1) is 13.0. The average molecular weight is 249 g/mol. The molecule has 1 unspecified atom stereocenters. The number of aromatic nitrogens is 1. The van der Waals surface area contributed by atoms with Gasteiger partial charge in [0.1, 0.15) is 11.8 Å². The zero-order valence-electron chi connectivity index (χ0n) is 8.76. The third-order valence-corrected chi connectivity index (χ3v) is 2.17. The van der Waals surface area contributed by atoms with Gasteiger partial charge in [0.2, 0.25) is 5.76 Å². The predicted octanol–water partition coefficient (Wildman–Crippen LogP) is 0.544. The summed E-state index contributed by atoms with van der Waals surface area (Å²) in [7, 11) is 1.29. The Labute approximate surface area is 98.7 Å². The number of ether oxygens (including phenoxy) is 2. The number of halogens is 1. The zero-order chi connectivity index (χ0) is 10.7. The number of hydrogen-bond donors (Lipinski definition) is 1.